The molecule has 0 aliphatic rings. The standard InChI is InChI=1S/C12H22N2O2/c1-3-9-16-10-7-12(15)5-4-11-6-8-13-14(11)2/h6,8,12,15H,3-5,7,9-10H2,1-2H3. The molecule has 1 unspecified atom stereocenters. The largest absolute Gasteiger partial charge is 0.393 e. The number of rotatable bonds is 8. The van der Waals surface area contributed by atoms with E-state index in [4.69, 9.17) is 4.74 Å². The van der Waals surface area contributed by atoms with Crippen molar-refractivity contribution in [3.63, 3.8) is 0 Å². The van der Waals surface area contributed by atoms with E-state index in [2.05, 4.69) is 12.0 Å². The summed E-state index contributed by atoms with van der Waals surface area (Å²) in [6.45, 7) is 3.52. The third kappa shape index (κ3) is 4.77. The third-order valence-electron chi connectivity index (χ3n) is 2.60. The van der Waals surface area contributed by atoms with Gasteiger partial charge < -0.3 is 9.84 Å². The maximum atomic E-state index is 9.73. The van der Waals surface area contributed by atoms with Gasteiger partial charge in [0.25, 0.3) is 0 Å². The van der Waals surface area contributed by atoms with E-state index in [0.29, 0.717) is 6.61 Å². The second-order valence-corrected chi connectivity index (χ2v) is 4.04. The smallest absolute Gasteiger partial charge is 0.0566 e. The average Bonchev–Trinajstić information content (AvgIpc) is 2.67. The van der Waals surface area contributed by atoms with Gasteiger partial charge in [-0.3, -0.25) is 4.68 Å². The first-order valence-corrected chi connectivity index (χ1v) is 5.96. The van der Waals surface area contributed by atoms with E-state index in [1.807, 2.05) is 17.8 Å². The number of hydrogen-bond donors (Lipinski definition) is 1. The lowest BCUT2D eigenvalue weighted by molar-refractivity contribution is 0.0783. The first-order valence-electron chi connectivity index (χ1n) is 5.96. The molecule has 0 saturated heterocycles. The molecule has 0 aromatic carbocycles. The summed E-state index contributed by atoms with van der Waals surface area (Å²) in [5.74, 6) is 0. The third-order valence-corrected chi connectivity index (χ3v) is 2.60. The predicted octanol–water partition coefficient (Wildman–Crippen LogP) is 1.53. The average molecular weight is 226 g/mol. The Hall–Kier alpha value is -0.870. The fraction of sp³-hybridized carbons (Fsp3) is 0.750. The molecule has 0 fully saturated rings. The number of aliphatic hydroxyl groups is 1. The monoisotopic (exact) mass is 226 g/mol. The van der Waals surface area contributed by atoms with Crippen LogP contribution in [-0.2, 0) is 18.2 Å². The quantitative estimate of drug-likeness (QED) is 0.684. The second-order valence-electron chi connectivity index (χ2n) is 4.04. The number of aryl methyl sites for hydroxylation is 2. The van der Waals surface area contributed by atoms with Crippen molar-refractivity contribution in [2.75, 3.05) is 13.2 Å². The number of aliphatic hydroxyl groups excluding tert-OH is 1. The highest BCUT2D eigenvalue weighted by Crippen LogP contribution is 2.06. The van der Waals surface area contributed by atoms with Crippen LogP contribution in [0.4, 0.5) is 0 Å². The molecule has 0 bridgehead atoms. The van der Waals surface area contributed by atoms with Crippen LogP contribution in [0.1, 0.15) is 31.9 Å². The van der Waals surface area contributed by atoms with Crippen LogP contribution in [0.15, 0.2) is 12.3 Å². The number of aromatic nitrogens is 2. The van der Waals surface area contributed by atoms with E-state index in [9.17, 15) is 5.11 Å². The molecule has 0 amide bonds. The van der Waals surface area contributed by atoms with Crippen LogP contribution in [0.25, 0.3) is 0 Å². The Balaban J connectivity index is 2.10. The zero-order valence-corrected chi connectivity index (χ0v) is 10.2. The van der Waals surface area contributed by atoms with E-state index in [-0.39, 0.29) is 6.10 Å². The van der Waals surface area contributed by atoms with Gasteiger partial charge >= 0.3 is 0 Å². The zero-order valence-electron chi connectivity index (χ0n) is 10.2. The van der Waals surface area contributed by atoms with Crippen LogP contribution in [0.5, 0.6) is 0 Å². The summed E-state index contributed by atoms with van der Waals surface area (Å²) in [6, 6.07) is 1.99. The van der Waals surface area contributed by atoms with Crippen molar-refractivity contribution >= 4 is 0 Å². The van der Waals surface area contributed by atoms with Crippen molar-refractivity contribution in [2.45, 2.75) is 38.7 Å². The lowest BCUT2D eigenvalue weighted by atomic mass is 10.1. The molecular weight excluding hydrogens is 204 g/mol. The maximum Gasteiger partial charge on any atom is 0.0566 e. The Kier molecular flexibility index (Phi) is 6.11. The van der Waals surface area contributed by atoms with Crippen LogP contribution in [0.3, 0.4) is 0 Å². The van der Waals surface area contributed by atoms with E-state index < -0.39 is 0 Å². The summed E-state index contributed by atoms with van der Waals surface area (Å²) in [7, 11) is 1.92. The van der Waals surface area contributed by atoms with Gasteiger partial charge in [-0.05, 0) is 31.7 Å². The maximum absolute atomic E-state index is 9.73. The van der Waals surface area contributed by atoms with Crippen molar-refractivity contribution in [1.29, 1.82) is 0 Å². The molecular formula is C12H22N2O2. The Morgan fingerprint density at radius 3 is 2.88 bits per heavy atom. The minimum Gasteiger partial charge on any atom is -0.393 e. The lowest BCUT2D eigenvalue weighted by Gasteiger charge is -2.10. The van der Waals surface area contributed by atoms with Crippen molar-refractivity contribution in [1.82, 2.24) is 9.78 Å². The molecule has 1 heterocycles. The number of hydrogen-bond acceptors (Lipinski definition) is 3. The van der Waals surface area contributed by atoms with Gasteiger partial charge in [0.2, 0.25) is 0 Å². The molecule has 0 spiro atoms. The molecule has 0 radical (unpaired) electrons. The van der Waals surface area contributed by atoms with Crippen molar-refractivity contribution in [2.24, 2.45) is 7.05 Å². The van der Waals surface area contributed by atoms with Gasteiger partial charge in [0.05, 0.1) is 6.10 Å². The van der Waals surface area contributed by atoms with Gasteiger partial charge in [-0.15, -0.1) is 0 Å². The number of nitrogens with zero attached hydrogens (tertiary/aromatic N) is 2. The van der Waals surface area contributed by atoms with Gasteiger partial charge in [-0.2, -0.15) is 5.10 Å². The van der Waals surface area contributed by atoms with Crippen LogP contribution in [0.2, 0.25) is 0 Å². The fourth-order valence-corrected chi connectivity index (χ4v) is 1.57. The summed E-state index contributed by atoms with van der Waals surface area (Å²) in [4.78, 5) is 0. The fourth-order valence-electron chi connectivity index (χ4n) is 1.57. The van der Waals surface area contributed by atoms with E-state index >= 15 is 0 Å². The highest BCUT2D eigenvalue weighted by Gasteiger charge is 2.06. The van der Waals surface area contributed by atoms with Crippen molar-refractivity contribution in [3.8, 4) is 0 Å². The molecule has 16 heavy (non-hydrogen) atoms. The molecule has 1 aromatic rings. The van der Waals surface area contributed by atoms with Crippen LogP contribution in [-0.4, -0.2) is 34.2 Å². The number of ether oxygens (including phenoxy) is 1. The van der Waals surface area contributed by atoms with Crippen LogP contribution >= 0.6 is 0 Å². The normalized spacial score (nSPS) is 12.9. The Morgan fingerprint density at radius 1 is 1.44 bits per heavy atom. The molecule has 1 N–H and O–H groups in total. The molecule has 92 valence electrons. The van der Waals surface area contributed by atoms with E-state index in [1.165, 1.54) is 0 Å². The van der Waals surface area contributed by atoms with Gasteiger partial charge in [0, 0.05) is 32.2 Å². The lowest BCUT2D eigenvalue weighted by Crippen LogP contribution is -2.13. The minimum atomic E-state index is -0.272. The molecule has 1 rings (SSSR count). The van der Waals surface area contributed by atoms with E-state index in [1.54, 1.807) is 6.20 Å². The molecule has 0 aliphatic carbocycles. The Morgan fingerprint density at radius 2 is 2.25 bits per heavy atom. The van der Waals surface area contributed by atoms with Crippen LogP contribution < -0.4 is 0 Å². The van der Waals surface area contributed by atoms with Crippen molar-refractivity contribution < 1.29 is 9.84 Å². The summed E-state index contributed by atoms with van der Waals surface area (Å²) in [6.07, 6.45) is 4.90. The van der Waals surface area contributed by atoms with E-state index in [0.717, 1.165) is 38.0 Å². The highest BCUT2D eigenvalue weighted by molar-refractivity contribution is 4.99. The van der Waals surface area contributed by atoms with Gasteiger partial charge in [-0.25, -0.2) is 0 Å². The first-order chi connectivity index (χ1) is 7.74. The van der Waals surface area contributed by atoms with Gasteiger partial charge in [-0.1, -0.05) is 6.92 Å². The predicted molar refractivity (Wildman–Crippen MR) is 63.3 cm³/mol. The zero-order chi connectivity index (χ0) is 11.8. The van der Waals surface area contributed by atoms with Gasteiger partial charge in [0.15, 0.2) is 0 Å². The molecule has 0 aliphatic heterocycles. The summed E-state index contributed by atoms with van der Waals surface area (Å²) in [5, 5.41) is 13.8. The summed E-state index contributed by atoms with van der Waals surface area (Å²) < 4.78 is 7.18. The second kappa shape index (κ2) is 7.41. The molecule has 4 nitrogen and oxygen atoms in total. The molecule has 0 saturated carbocycles. The van der Waals surface area contributed by atoms with Gasteiger partial charge in [0.1, 0.15) is 0 Å². The molecule has 1 aromatic heterocycles. The first kappa shape index (κ1) is 13.2. The van der Waals surface area contributed by atoms with Crippen LogP contribution in [0, 0.1) is 0 Å². The summed E-state index contributed by atoms with van der Waals surface area (Å²) in [5.41, 5.74) is 1.16. The topological polar surface area (TPSA) is 47.3 Å². The van der Waals surface area contributed by atoms with Crippen molar-refractivity contribution in [3.05, 3.63) is 18.0 Å². The Bertz CT molecular complexity index is 286. The highest BCUT2D eigenvalue weighted by atomic mass is 16.5. The summed E-state index contributed by atoms with van der Waals surface area (Å²) >= 11 is 0. The molecule has 1 atom stereocenters. The minimum absolute atomic E-state index is 0.272. The SMILES string of the molecule is CCCOCCC(O)CCc1ccnn1C. The molecule has 4 heteroatoms. The Labute approximate surface area is 97.2 Å².